The Hall–Kier alpha value is -0.220. The summed E-state index contributed by atoms with van der Waals surface area (Å²) < 4.78 is 1.02. The number of aromatic hydroxyl groups is 1. The lowest BCUT2D eigenvalue weighted by atomic mass is 10.1. The van der Waals surface area contributed by atoms with Crippen LogP contribution in [-0.2, 0) is 6.42 Å². The first-order valence-corrected chi connectivity index (χ1v) is 5.28. The van der Waals surface area contributed by atoms with Crippen molar-refractivity contribution in [1.29, 1.82) is 0 Å². The molecule has 0 bridgehead atoms. The summed E-state index contributed by atoms with van der Waals surface area (Å²) in [6.07, 6.45) is 0.671. The van der Waals surface area contributed by atoms with E-state index in [0.29, 0.717) is 11.4 Å². The highest BCUT2D eigenvalue weighted by Crippen LogP contribution is 2.32. The summed E-state index contributed by atoms with van der Waals surface area (Å²) in [5.74, 6) is 0.177. The average molecular weight is 309 g/mol. The van der Waals surface area contributed by atoms with Gasteiger partial charge in [-0.1, -0.05) is 23.8 Å². The van der Waals surface area contributed by atoms with Crippen LogP contribution in [0.25, 0.3) is 0 Å². The van der Waals surface area contributed by atoms with Gasteiger partial charge in [-0.05, 0) is 48.1 Å². The fourth-order valence-electron chi connectivity index (χ4n) is 1.05. The largest absolute Gasteiger partial charge is 0.506 e. The smallest absolute Gasteiger partial charge is 0.138 e. The topological polar surface area (TPSA) is 20.2 Å². The van der Waals surface area contributed by atoms with Crippen LogP contribution in [-0.4, -0.2) is 5.11 Å². The third-order valence-corrected chi connectivity index (χ3v) is 2.97. The molecule has 1 N–H and O–H groups in total. The number of phenols is 1. The van der Waals surface area contributed by atoms with E-state index in [1.807, 2.05) is 13.0 Å². The van der Waals surface area contributed by atoms with Crippen LogP contribution in [0.15, 0.2) is 24.3 Å². The first kappa shape index (κ1) is 10.9. The summed E-state index contributed by atoms with van der Waals surface area (Å²) in [6.45, 7) is 5.73. The predicted molar refractivity (Wildman–Crippen MR) is 64.4 cm³/mol. The molecule has 1 nitrogen and oxygen atoms in total. The molecule has 3 heteroatoms. The molecule has 1 aromatic rings. The molecule has 0 spiro atoms. The fourth-order valence-corrected chi connectivity index (χ4v) is 1.86. The minimum Gasteiger partial charge on any atom is -0.506 e. The van der Waals surface area contributed by atoms with Crippen molar-refractivity contribution in [2.24, 2.45) is 0 Å². The molecule has 0 unspecified atom stereocenters. The van der Waals surface area contributed by atoms with Gasteiger partial charge in [0.1, 0.15) is 5.75 Å². The van der Waals surface area contributed by atoms with Crippen molar-refractivity contribution in [2.75, 3.05) is 0 Å². The maximum atomic E-state index is 9.65. The van der Waals surface area contributed by atoms with Crippen LogP contribution in [0.5, 0.6) is 5.75 Å². The van der Waals surface area contributed by atoms with E-state index in [0.717, 1.165) is 14.7 Å². The van der Waals surface area contributed by atoms with Crippen LogP contribution in [0, 0.1) is 3.57 Å². The highest BCUT2D eigenvalue weighted by Gasteiger charge is 2.09. The molecule has 0 atom stereocenters. The van der Waals surface area contributed by atoms with Crippen molar-refractivity contribution < 1.29 is 5.11 Å². The number of phenolic OH excluding ortho intramolecular Hbond substituents is 1. The minimum absolute atomic E-state index is 0.177. The number of benzene rings is 1. The lowest BCUT2D eigenvalue weighted by Gasteiger charge is -2.08. The third-order valence-electron chi connectivity index (χ3n) is 1.65. The zero-order valence-electron chi connectivity index (χ0n) is 7.27. The van der Waals surface area contributed by atoms with Gasteiger partial charge in [-0.2, -0.15) is 0 Å². The second-order valence-corrected chi connectivity index (χ2v) is 4.56. The van der Waals surface area contributed by atoms with Crippen LogP contribution in [0.3, 0.4) is 0 Å². The van der Waals surface area contributed by atoms with Crippen molar-refractivity contribution in [3.8, 4) is 5.75 Å². The van der Waals surface area contributed by atoms with E-state index in [1.165, 1.54) is 0 Å². The van der Waals surface area contributed by atoms with Gasteiger partial charge in [-0.25, -0.2) is 0 Å². The van der Waals surface area contributed by atoms with E-state index >= 15 is 0 Å². The number of allylic oxidation sites excluding steroid dienone is 1. The van der Waals surface area contributed by atoms with Crippen LogP contribution in [0.1, 0.15) is 12.5 Å². The summed E-state index contributed by atoms with van der Waals surface area (Å²) in [4.78, 5) is 0. The third kappa shape index (κ3) is 2.61. The SMILES string of the molecule is C=C(C)Cc1c(I)ccc(Cl)c1O. The molecule has 0 aliphatic heterocycles. The molecule has 13 heavy (non-hydrogen) atoms. The van der Waals surface area contributed by atoms with Crippen molar-refractivity contribution in [1.82, 2.24) is 0 Å². The second-order valence-electron chi connectivity index (χ2n) is 2.99. The van der Waals surface area contributed by atoms with Gasteiger partial charge in [0.2, 0.25) is 0 Å². The van der Waals surface area contributed by atoms with E-state index in [1.54, 1.807) is 6.07 Å². The van der Waals surface area contributed by atoms with E-state index in [4.69, 9.17) is 11.6 Å². The lowest BCUT2D eigenvalue weighted by Crippen LogP contribution is -1.91. The van der Waals surface area contributed by atoms with Crippen molar-refractivity contribution in [3.63, 3.8) is 0 Å². The Balaban J connectivity index is 3.17. The van der Waals surface area contributed by atoms with Crippen LogP contribution in [0.4, 0.5) is 0 Å². The van der Waals surface area contributed by atoms with E-state index in [2.05, 4.69) is 29.2 Å². The second kappa shape index (κ2) is 4.33. The highest BCUT2D eigenvalue weighted by atomic mass is 127. The van der Waals surface area contributed by atoms with Gasteiger partial charge >= 0.3 is 0 Å². The van der Waals surface area contributed by atoms with Crippen molar-refractivity contribution in [2.45, 2.75) is 13.3 Å². The van der Waals surface area contributed by atoms with E-state index < -0.39 is 0 Å². The summed E-state index contributed by atoms with van der Waals surface area (Å²) in [6, 6.07) is 3.58. The Morgan fingerprint density at radius 2 is 2.23 bits per heavy atom. The van der Waals surface area contributed by atoms with Gasteiger partial charge in [0.25, 0.3) is 0 Å². The fraction of sp³-hybridized carbons (Fsp3) is 0.200. The van der Waals surface area contributed by atoms with Gasteiger partial charge in [0, 0.05) is 9.13 Å². The molecule has 0 amide bonds. The molecule has 0 radical (unpaired) electrons. The highest BCUT2D eigenvalue weighted by molar-refractivity contribution is 14.1. The summed E-state index contributed by atoms with van der Waals surface area (Å²) in [7, 11) is 0. The van der Waals surface area contributed by atoms with Gasteiger partial charge in [-0.3, -0.25) is 0 Å². The Bertz CT molecular complexity index is 347. The number of hydrogen-bond acceptors (Lipinski definition) is 1. The summed E-state index contributed by atoms with van der Waals surface area (Å²) in [5, 5.41) is 10.0. The maximum Gasteiger partial charge on any atom is 0.138 e. The van der Waals surface area contributed by atoms with E-state index in [-0.39, 0.29) is 5.75 Å². The Labute approximate surface area is 96.6 Å². The van der Waals surface area contributed by atoms with Crippen molar-refractivity contribution in [3.05, 3.63) is 38.4 Å². The Morgan fingerprint density at radius 3 is 2.77 bits per heavy atom. The first-order valence-electron chi connectivity index (χ1n) is 3.82. The molecule has 0 fully saturated rings. The van der Waals surface area contributed by atoms with Gasteiger partial charge in [-0.15, -0.1) is 0 Å². The molecule has 0 saturated heterocycles. The average Bonchev–Trinajstić information content (AvgIpc) is 2.05. The predicted octanol–water partition coefficient (Wildman–Crippen LogP) is 3.77. The van der Waals surface area contributed by atoms with Crippen LogP contribution < -0.4 is 0 Å². The molecule has 1 rings (SSSR count). The van der Waals surface area contributed by atoms with Gasteiger partial charge in [0.15, 0.2) is 0 Å². The standard InChI is InChI=1S/C10H10ClIO/c1-6(2)5-7-9(12)4-3-8(11)10(7)13/h3-4,13H,1,5H2,2H3. The zero-order valence-corrected chi connectivity index (χ0v) is 10.2. The quantitative estimate of drug-likeness (QED) is 0.651. The maximum absolute atomic E-state index is 9.65. The van der Waals surface area contributed by atoms with Crippen LogP contribution >= 0.6 is 34.2 Å². The number of halogens is 2. The van der Waals surface area contributed by atoms with Gasteiger partial charge in [0.05, 0.1) is 5.02 Å². The Morgan fingerprint density at radius 1 is 1.62 bits per heavy atom. The molecule has 1 aromatic carbocycles. The van der Waals surface area contributed by atoms with Crippen LogP contribution in [0.2, 0.25) is 5.02 Å². The monoisotopic (exact) mass is 308 g/mol. The summed E-state index contributed by atoms with van der Waals surface area (Å²) in [5.41, 5.74) is 1.87. The molecular weight excluding hydrogens is 298 g/mol. The molecule has 0 aliphatic rings. The molecular formula is C10H10ClIO. The first-order chi connectivity index (χ1) is 6.02. The molecule has 0 aromatic heterocycles. The minimum atomic E-state index is 0.177. The molecule has 0 heterocycles. The molecule has 70 valence electrons. The van der Waals surface area contributed by atoms with Crippen molar-refractivity contribution >= 4 is 34.2 Å². The zero-order chi connectivity index (χ0) is 10.0. The normalized spacial score (nSPS) is 10.1. The number of rotatable bonds is 2. The summed E-state index contributed by atoms with van der Waals surface area (Å²) >= 11 is 7.96. The molecule has 0 aliphatic carbocycles. The lowest BCUT2D eigenvalue weighted by molar-refractivity contribution is 0.469. The van der Waals surface area contributed by atoms with Gasteiger partial charge < -0.3 is 5.11 Å². The molecule has 0 saturated carbocycles. The van der Waals surface area contributed by atoms with E-state index in [9.17, 15) is 5.11 Å². The number of hydrogen-bond donors (Lipinski definition) is 1. The Kier molecular flexibility index (Phi) is 3.62.